The predicted octanol–water partition coefficient (Wildman–Crippen LogP) is 2.69. The summed E-state index contributed by atoms with van der Waals surface area (Å²) in [7, 11) is 1.63. The van der Waals surface area contributed by atoms with E-state index in [1.165, 1.54) is 0 Å². The predicted molar refractivity (Wildman–Crippen MR) is 59.6 cm³/mol. The Morgan fingerprint density at radius 2 is 2.13 bits per heavy atom. The molecule has 3 nitrogen and oxygen atoms in total. The molecule has 2 rings (SSSR count). The number of aryl methyl sites for hydroxylation is 1. The van der Waals surface area contributed by atoms with Gasteiger partial charge < -0.3 is 9.72 Å². The smallest absolute Gasteiger partial charge is 0.176 e. The maximum absolute atomic E-state index is 11.3. The number of aromatic nitrogens is 1. The Hall–Kier alpha value is -1.77. The summed E-state index contributed by atoms with van der Waals surface area (Å²) in [6.45, 7) is 3.50. The highest BCUT2D eigenvalue weighted by Crippen LogP contribution is 2.25. The summed E-state index contributed by atoms with van der Waals surface area (Å²) in [5.41, 5.74) is 2.63. The molecular formula is C12H13NO2. The van der Waals surface area contributed by atoms with Crippen molar-refractivity contribution in [3.05, 3.63) is 29.5 Å². The van der Waals surface area contributed by atoms with Gasteiger partial charge in [-0.25, -0.2) is 0 Å². The minimum absolute atomic E-state index is 0.0580. The molecule has 1 aromatic carbocycles. The number of H-pyrrole nitrogens is 1. The second kappa shape index (κ2) is 3.42. The van der Waals surface area contributed by atoms with E-state index in [2.05, 4.69) is 4.98 Å². The zero-order valence-electron chi connectivity index (χ0n) is 9.05. The Bertz CT molecular complexity index is 526. The van der Waals surface area contributed by atoms with Crippen LogP contribution >= 0.6 is 0 Å². The molecule has 0 saturated carbocycles. The quantitative estimate of drug-likeness (QED) is 0.762. The number of methoxy groups -OCH3 is 1. The van der Waals surface area contributed by atoms with Crippen LogP contribution in [0.15, 0.2) is 18.2 Å². The molecule has 1 heterocycles. The van der Waals surface area contributed by atoms with Crippen molar-refractivity contribution in [1.29, 1.82) is 0 Å². The fourth-order valence-corrected chi connectivity index (χ4v) is 1.78. The molecular weight excluding hydrogens is 190 g/mol. The van der Waals surface area contributed by atoms with Crippen molar-refractivity contribution in [3.63, 3.8) is 0 Å². The Labute approximate surface area is 88.1 Å². The number of hydrogen-bond donors (Lipinski definition) is 1. The van der Waals surface area contributed by atoms with Crippen LogP contribution in [0.25, 0.3) is 10.9 Å². The van der Waals surface area contributed by atoms with Crippen molar-refractivity contribution in [2.75, 3.05) is 7.11 Å². The first-order valence-electron chi connectivity index (χ1n) is 4.80. The summed E-state index contributed by atoms with van der Waals surface area (Å²) in [5.74, 6) is 0.863. The molecule has 0 spiro atoms. The number of carbonyl (C=O) groups excluding carboxylic acids is 1. The summed E-state index contributed by atoms with van der Waals surface area (Å²) >= 11 is 0. The summed E-state index contributed by atoms with van der Waals surface area (Å²) in [6.07, 6.45) is 0. The third kappa shape index (κ3) is 1.50. The third-order valence-electron chi connectivity index (χ3n) is 2.62. The van der Waals surface area contributed by atoms with E-state index in [1.54, 1.807) is 14.0 Å². The lowest BCUT2D eigenvalue weighted by Gasteiger charge is -1.98. The summed E-state index contributed by atoms with van der Waals surface area (Å²) in [6, 6.07) is 5.74. The van der Waals surface area contributed by atoms with Gasteiger partial charge in [0, 0.05) is 17.8 Å². The van der Waals surface area contributed by atoms with Crippen LogP contribution in [0.5, 0.6) is 5.75 Å². The van der Waals surface area contributed by atoms with Crippen molar-refractivity contribution in [1.82, 2.24) is 4.98 Å². The van der Waals surface area contributed by atoms with Crippen LogP contribution in [0, 0.1) is 6.92 Å². The van der Waals surface area contributed by atoms with Crippen LogP contribution in [0.4, 0.5) is 0 Å². The maximum atomic E-state index is 11.3. The first-order chi connectivity index (χ1) is 7.13. The van der Waals surface area contributed by atoms with Gasteiger partial charge in [-0.2, -0.15) is 0 Å². The second-order valence-corrected chi connectivity index (χ2v) is 3.59. The summed E-state index contributed by atoms with van der Waals surface area (Å²) < 4.78 is 5.15. The van der Waals surface area contributed by atoms with E-state index >= 15 is 0 Å². The molecule has 2 aromatic rings. The first-order valence-corrected chi connectivity index (χ1v) is 4.80. The molecule has 0 saturated heterocycles. The molecule has 0 aliphatic rings. The topological polar surface area (TPSA) is 42.1 Å². The van der Waals surface area contributed by atoms with E-state index in [4.69, 9.17) is 4.74 Å². The van der Waals surface area contributed by atoms with E-state index in [-0.39, 0.29) is 5.78 Å². The molecule has 0 atom stereocenters. The Morgan fingerprint density at radius 3 is 2.73 bits per heavy atom. The molecule has 0 radical (unpaired) electrons. The van der Waals surface area contributed by atoms with Crippen molar-refractivity contribution < 1.29 is 9.53 Å². The molecule has 0 aliphatic heterocycles. The molecule has 78 valence electrons. The van der Waals surface area contributed by atoms with Gasteiger partial charge >= 0.3 is 0 Å². The lowest BCUT2D eigenvalue weighted by molar-refractivity contribution is 0.101. The normalized spacial score (nSPS) is 10.6. The van der Waals surface area contributed by atoms with Crippen LogP contribution < -0.4 is 4.74 Å². The highest BCUT2D eigenvalue weighted by Gasteiger charge is 2.11. The number of fused-ring (bicyclic) bond motifs is 1. The Kier molecular flexibility index (Phi) is 2.23. The van der Waals surface area contributed by atoms with Crippen molar-refractivity contribution in [3.8, 4) is 5.75 Å². The van der Waals surface area contributed by atoms with Gasteiger partial charge in [0.15, 0.2) is 5.78 Å². The SMILES string of the molecule is COc1ccc2[nH]c(C(C)=O)c(C)c2c1. The monoisotopic (exact) mass is 203 g/mol. The molecule has 0 bridgehead atoms. The minimum atomic E-state index is 0.0580. The average molecular weight is 203 g/mol. The van der Waals surface area contributed by atoms with Gasteiger partial charge in [-0.1, -0.05) is 0 Å². The molecule has 3 heteroatoms. The third-order valence-corrected chi connectivity index (χ3v) is 2.62. The number of carbonyl (C=O) groups is 1. The molecule has 1 aromatic heterocycles. The van der Waals surface area contributed by atoms with Crippen LogP contribution in [0.2, 0.25) is 0 Å². The molecule has 0 fully saturated rings. The number of hydrogen-bond acceptors (Lipinski definition) is 2. The minimum Gasteiger partial charge on any atom is -0.497 e. The fraction of sp³-hybridized carbons (Fsp3) is 0.250. The van der Waals surface area contributed by atoms with Crippen LogP contribution in [-0.2, 0) is 0 Å². The molecule has 0 unspecified atom stereocenters. The number of ketones is 1. The molecule has 0 aliphatic carbocycles. The van der Waals surface area contributed by atoms with Gasteiger partial charge in [0.2, 0.25) is 0 Å². The number of benzene rings is 1. The van der Waals surface area contributed by atoms with Crippen molar-refractivity contribution >= 4 is 16.7 Å². The van der Waals surface area contributed by atoms with Crippen LogP contribution in [0.1, 0.15) is 23.0 Å². The van der Waals surface area contributed by atoms with Gasteiger partial charge in [-0.3, -0.25) is 4.79 Å². The summed E-state index contributed by atoms with van der Waals surface area (Å²) in [4.78, 5) is 14.4. The van der Waals surface area contributed by atoms with E-state index in [1.807, 2.05) is 25.1 Å². The molecule has 1 N–H and O–H groups in total. The lowest BCUT2D eigenvalue weighted by Crippen LogP contribution is -1.93. The fourth-order valence-electron chi connectivity index (χ4n) is 1.78. The lowest BCUT2D eigenvalue weighted by atomic mass is 10.1. The van der Waals surface area contributed by atoms with Crippen LogP contribution in [-0.4, -0.2) is 17.9 Å². The Balaban J connectivity index is 2.72. The number of Topliss-reactive ketones (excluding diaryl/α,β-unsaturated/α-hetero) is 1. The largest absolute Gasteiger partial charge is 0.497 e. The number of aromatic amines is 1. The van der Waals surface area contributed by atoms with Crippen molar-refractivity contribution in [2.24, 2.45) is 0 Å². The number of rotatable bonds is 2. The Morgan fingerprint density at radius 1 is 1.40 bits per heavy atom. The van der Waals surface area contributed by atoms with Gasteiger partial charge in [0.05, 0.1) is 12.8 Å². The van der Waals surface area contributed by atoms with E-state index in [9.17, 15) is 4.79 Å². The number of ether oxygens (including phenoxy) is 1. The zero-order chi connectivity index (χ0) is 11.0. The average Bonchev–Trinajstić information content (AvgIpc) is 2.56. The van der Waals surface area contributed by atoms with Crippen molar-refractivity contribution in [2.45, 2.75) is 13.8 Å². The first kappa shape index (κ1) is 9.77. The standard InChI is InChI=1S/C12H13NO2/c1-7-10-6-9(15-3)4-5-11(10)13-12(7)8(2)14/h4-6,13H,1-3H3. The number of nitrogens with one attached hydrogen (secondary N) is 1. The van der Waals surface area contributed by atoms with E-state index in [0.717, 1.165) is 22.2 Å². The van der Waals surface area contributed by atoms with E-state index in [0.29, 0.717) is 5.69 Å². The summed E-state index contributed by atoms with van der Waals surface area (Å²) in [5, 5.41) is 1.04. The van der Waals surface area contributed by atoms with Crippen LogP contribution in [0.3, 0.4) is 0 Å². The van der Waals surface area contributed by atoms with E-state index < -0.39 is 0 Å². The highest BCUT2D eigenvalue weighted by molar-refractivity contribution is 6.01. The second-order valence-electron chi connectivity index (χ2n) is 3.59. The van der Waals surface area contributed by atoms with Gasteiger partial charge in [0.25, 0.3) is 0 Å². The van der Waals surface area contributed by atoms with Gasteiger partial charge in [-0.15, -0.1) is 0 Å². The molecule has 15 heavy (non-hydrogen) atoms. The van der Waals surface area contributed by atoms with Gasteiger partial charge in [-0.05, 0) is 30.7 Å². The maximum Gasteiger partial charge on any atom is 0.176 e. The van der Waals surface area contributed by atoms with Gasteiger partial charge in [0.1, 0.15) is 5.75 Å². The highest BCUT2D eigenvalue weighted by atomic mass is 16.5. The molecule has 0 amide bonds. The zero-order valence-corrected chi connectivity index (χ0v) is 9.05.